The maximum Gasteiger partial charge on any atom is 0.0910 e. The smallest absolute Gasteiger partial charge is 0.0910 e. The summed E-state index contributed by atoms with van der Waals surface area (Å²) in [5.41, 5.74) is 5.31. The number of nitrogens with zero attached hydrogens (tertiary/aromatic N) is 3. The van der Waals surface area contributed by atoms with E-state index in [0.717, 1.165) is 34.8 Å². The van der Waals surface area contributed by atoms with Gasteiger partial charge in [-0.2, -0.15) is 0 Å². The molecule has 0 fully saturated rings. The second-order valence-electron chi connectivity index (χ2n) is 6.21. The Morgan fingerprint density at radius 3 is 2.65 bits per heavy atom. The van der Waals surface area contributed by atoms with Crippen molar-refractivity contribution >= 4 is 41.1 Å². The highest BCUT2D eigenvalue weighted by atomic mass is 35.5. The summed E-state index contributed by atoms with van der Waals surface area (Å²) in [6, 6.07) is 12.5. The van der Waals surface area contributed by atoms with Gasteiger partial charge in [0, 0.05) is 36.9 Å². The summed E-state index contributed by atoms with van der Waals surface area (Å²) in [6.45, 7) is 7.17. The first-order valence-corrected chi connectivity index (χ1v) is 10.0. The van der Waals surface area contributed by atoms with Gasteiger partial charge in [0.1, 0.15) is 0 Å². The number of hydrogen-bond donors (Lipinski definition) is 0. The number of hydrogen-bond acceptors (Lipinski definition) is 3. The summed E-state index contributed by atoms with van der Waals surface area (Å²) >= 11 is 8.26. The molecular weight excluding hydrogens is 362 g/mol. The van der Waals surface area contributed by atoms with E-state index in [9.17, 15) is 0 Å². The van der Waals surface area contributed by atoms with Crippen LogP contribution in [0.2, 0.25) is 5.02 Å². The van der Waals surface area contributed by atoms with Crippen molar-refractivity contribution in [3.63, 3.8) is 0 Å². The Balaban J connectivity index is 2.20. The van der Waals surface area contributed by atoms with Gasteiger partial charge in [0.15, 0.2) is 0 Å². The van der Waals surface area contributed by atoms with E-state index >= 15 is 0 Å². The highest BCUT2D eigenvalue weighted by molar-refractivity contribution is 8.00. The van der Waals surface area contributed by atoms with Crippen molar-refractivity contribution in [2.24, 2.45) is 9.98 Å². The van der Waals surface area contributed by atoms with Crippen LogP contribution in [0.5, 0.6) is 0 Å². The van der Waals surface area contributed by atoms with E-state index in [1.54, 1.807) is 11.8 Å². The van der Waals surface area contributed by atoms with Crippen molar-refractivity contribution in [1.82, 2.24) is 4.90 Å². The van der Waals surface area contributed by atoms with Crippen molar-refractivity contribution in [1.29, 1.82) is 0 Å². The summed E-state index contributed by atoms with van der Waals surface area (Å²) in [6.07, 6.45) is 1.81. The monoisotopic (exact) mass is 387 g/mol. The van der Waals surface area contributed by atoms with Crippen LogP contribution in [0.4, 0.5) is 5.69 Å². The lowest BCUT2D eigenvalue weighted by Crippen LogP contribution is -2.14. The van der Waals surface area contributed by atoms with Gasteiger partial charge >= 0.3 is 0 Å². The summed E-state index contributed by atoms with van der Waals surface area (Å²) < 4.78 is 0. The molecule has 26 heavy (non-hydrogen) atoms. The second-order valence-corrected chi connectivity index (χ2v) is 7.67. The molecule has 0 aromatic heterocycles. The first kappa shape index (κ1) is 20.5. The van der Waals surface area contributed by atoms with Crippen molar-refractivity contribution in [2.45, 2.75) is 25.7 Å². The Bertz CT molecular complexity index is 815. The summed E-state index contributed by atoms with van der Waals surface area (Å²) in [5.74, 6) is 0.804. The molecule has 2 aromatic carbocycles. The number of rotatable bonds is 7. The molecule has 0 saturated heterocycles. The predicted octanol–water partition coefficient (Wildman–Crippen LogP) is 5.78. The Hall–Kier alpha value is -1.78. The molecule has 0 radical (unpaired) electrons. The zero-order chi connectivity index (χ0) is 19.1. The molecule has 138 valence electrons. The zero-order valence-electron chi connectivity index (χ0n) is 16.1. The molecule has 0 saturated carbocycles. The highest BCUT2D eigenvalue weighted by Crippen LogP contribution is 2.30. The van der Waals surface area contributed by atoms with Crippen molar-refractivity contribution in [3.05, 3.63) is 58.1 Å². The normalized spacial score (nSPS) is 12.0. The SMILES string of the molecule is CCN(C)C=Nc1cc(C)c(C(CSc2cccc(C)c2)=NC)cc1Cl. The highest BCUT2D eigenvalue weighted by Gasteiger charge is 2.11. The fraction of sp³-hybridized carbons (Fsp3) is 0.333. The largest absolute Gasteiger partial charge is 0.366 e. The minimum absolute atomic E-state index is 0.646. The van der Waals surface area contributed by atoms with E-state index in [1.807, 2.05) is 37.5 Å². The molecule has 0 heterocycles. The molecule has 0 amide bonds. The third-order valence-corrected chi connectivity index (χ3v) is 5.44. The predicted molar refractivity (Wildman–Crippen MR) is 117 cm³/mol. The van der Waals surface area contributed by atoms with E-state index in [1.165, 1.54) is 10.5 Å². The molecule has 0 aliphatic carbocycles. The van der Waals surface area contributed by atoms with Gasteiger partial charge in [0.25, 0.3) is 0 Å². The molecule has 0 spiro atoms. The first-order chi connectivity index (χ1) is 12.4. The van der Waals surface area contributed by atoms with Crippen molar-refractivity contribution < 1.29 is 0 Å². The van der Waals surface area contributed by atoms with Gasteiger partial charge in [0.2, 0.25) is 0 Å². The third kappa shape index (κ3) is 5.61. The van der Waals surface area contributed by atoms with Crippen LogP contribution >= 0.6 is 23.4 Å². The Labute approximate surface area is 166 Å². The standard InChI is InChI=1S/C21H26ClN3S/c1-6-25(5)14-24-20-11-16(3)18(12-19(20)22)21(23-4)13-26-17-9-7-8-15(2)10-17/h7-12,14H,6,13H2,1-5H3. The molecule has 2 aromatic rings. The maximum absolute atomic E-state index is 6.47. The van der Waals surface area contributed by atoms with Crippen molar-refractivity contribution in [2.75, 3.05) is 26.4 Å². The zero-order valence-corrected chi connectivity index (χ0v) is 17.7. The summed E-state index contributed by atoms with van der Waals surface area (Å²) in [7, 11) is 3.82. The molecule has 0 aliphatic rings. The van der Waals surface area contributed by atoms with Crippen LogP contribution in [-0.2, 0) is 0 Å². The lowest BCUT2D eigenvalue weighted by atomic mass is 10.0. The van der Waals surface area contributed by atoms with E-state index in [4.69, 9.17) is 11.6 Å². The average Bonchev–Trinajstić information content (AvgIpc) is 2.63. The van der Waals surface area contributed by atoms with Gasteiger partial charge in [0.05, 0.1) is 22.8 Å². The number of thioether (sulfide) groups is 1. The number of halogens is 1. The minimum atomic E-state index is 0.646. The third-order valence-electron chi connectivity index (χ3n) is 4.13. The van der Waals surface area contributed by atoms with Crippen LogP contribution in [0.1, 0.15) is 23.6 Å². The van der Waals surface area contributed by atoms with E-state index in [2.05, 4.69) is 55.0 Å². The second kappa shape index (κ2) is 9.79. The number of benzene rings is 2. The van der Waals surface area contributed by atoms with Gasteiger partial charge in [-0.05, 0) is 50.6 Å². The van der Waals surface area contributed by atoms with Gasteiger partial charge in [-0.1, -0.05) is 29.3 Å². The van der Waals surface area contributed by atoms with E-state index in [0.29, 0.717) is 5.02 Å². The lowest BCUT2D eigenvalue weighted by Gasteiger charge is -2.13. The molecular formula is C21H26ClN3S. The van der Waals surface area contributed by atoms with Crippen molar-refractivity contribution in [3.8, 4) is 0 Å². The fourth-order valence-corrected chi connectivity index (χ4v) is 3.68. The van der Waals surface area contributed by atoms with Crippen LogP contribution in [-0.4, -0.2) is 43.3 Å². The molecule has 5 heteroatoms. The minimum Gasteiger partial charge on any atom is -0.366 e. The Kier molecular flexibility index (Phi) is 7.73. The van der Waals surface area contributed by atoms with Crippen LogP contribution < -0.4 is 0 Å². The van der Waals surface area contributed by atoms with Crippen LogP contribution in [0.15, 0.2) is 51.3 Å². The topological polar surface area (TPSA) is 28.0 Å². The molecule has 0 bridgehead atoms. The maximum atomic E-state index is 6.47. The molecule has 0 unspecified atom stereocenters. The van der Waals surface area contributed by atoms with Gasteiger partial charge in [-0.25, -0.2) is 4.99 Å². The number of aliphatic imine (C=N–C) groups is 2. The van der Waals surface area contributed by atoms with Gasteiger partial charge < -0.3 is 4.90 Å². The van der Waals surface area contributed by atoms with Gasteiger partial charge in [-0.15, -0.1) is 11.8 Å². The van der Waals surface area contributed by atoms with Crippen LogP contribution in [0.3, 0.4) is 0 Å². The number of aryl methyl sites for hydroxylation is 2. The summed E-state index contributed by atoms with van der Waals surface area (Å²) in [5, 5.41) is 0.646. The van der Waals surface area contributed by atoms with E-state index < -0.39 is 0 Å². The Morgan fingerprint density at radius 1 is 1.23 bits per heavy atom. The molecule has 0 N–H and O–H groups in total. The molecule has 2 rings (SSSR count). The van der Waals surface area contributed by atoms with Gasteiger partial charge in [-0.3, -0.25) is 4.99 Å². The van der Waals surface area contributed by atoms with E-state index in [-0.39, 0.29) is 0 Å². The quantitative estimate of drug-likeness (QED) is 0.342. The van der Waals surface area contributed by atoms with Crippen LogP contribution in [0.25, 0.3) is 0 Å². The fourth-order valence-electron chi connectivity index (χ4n) is 2.44. The van der Waals surface area contributed by atoms with Crippen LogP contribution in [0, 0.1) is 13.8 Å². The lowest BCUT2D eigenvalue weighted by molar-refractivity contribution is 0.552. The summed E-state index contributed by atoms with van der Waals surface area (Å²) in [4.78, 5) is 12.3. The molecule has 0 atom stereocenters. The Morgan fingerprint density at radius 2 is 2.00 bits per heavy atom. The molecule has 0 aliphatic heterocycles. The first-order valence-electron chi connectivity index (χ1n) is 8.64. The average molecular weight is 388 g/mol. The molecule has 3 nitrogen and oxygen atoms in total.